The highest BCUT2D eigenvalue weighted by Gasteiger charge is 2.24. The molecule has 3 aromatic carbocycles. The second-order valence-electron chi connectivity index (χ2n) is 8.82. The fourth-order valence-corrected chi connectivity index (χ4v) is 4.79. The lowest BCUT2D eigenvalue weighted by Crippen LogP contribution is -2.15. The second-order valence-corrected chi connectivity index (χ2v) is 8.82. The van der Waals surface area contributed by atoms with Crippen molar-refractivity contribution in [3.05, 3.63) is 107 Å². The van der Waals surface area contributed by atoms with Crippen LogP contribution in [0.4, 0.5) is 4.39 Å². The van der Waals surface area contributed by atoms with Crippen LogP contribution in [0.2, 0.25) is 0 Å². The molecule has 0 unspecified atom stereocenters. The molecule has 1 saturated carbocycles. The van der Waals surface area contributed by atoms with Crippen molar-refractivity contribution < 1.29 is 4.39 Å². The van der Waals surface area contributed by atoms with Crippen molar-refractivity contribution in [1.82, 2.24) is 0 Å². The molecule has 1 heteroatoms. The van der Waals surface area contributed by atoms with E-state index >= 15 is 0 Å². The van der Waals surface area contributed by atoms with E-state index < -0.39 is 0 Å². The molecular formula is C29H31F. The number of halogens is 1. The van der Waals surface area contributed by atoms with Crippen molar-refractivity contribution in [3.8, 4) is 0 Å². The van der Waals surface area contributed by atoms with E-state index in [4.69, 9.17) is 0 Å². The number of hydrogen-bond donors (Lipinski definition) is 0. The fourth-order valence-electron chi connectivity index (χ4n) is 4.79. The van der Waals surface area contributed by atoms with E-state index in [-0.39, 0.29) is 5.82 Å². The van der Waals surface area contributed by atoms with Crippen LogP contribution in [-0.4, -0.2) is 0 Å². The summed E-state index contributed by atoms with van der Waals surface area (Å²) in [6, 6.07) is 26.5. The van der Waals surface area contributed by atoms with Crippen molar-refractivity contribution in [2.45, 2.75) is 50.9 Å². The van der Waals surface area contributed by atoms with Crippen molar-refractivity contribution in [1.29, 1.82) is 0 Å². The lowest BCUT2D eigenvalue weighted by atomic mass is 9.75. The summed E-state index contributed by atoms with van der Waals surface area (Å²) in [5.74, 6) is 2.01. The highest BCUT2D eigenvalue weighted by atomic mass is 19.1. The van der Waals surface area contributed by atoms with E-state index in [2.05, 4.69) is 67.6 Å². The summed E-state index contributed by atoms with van der Waals surface area (Å²) >= 11 is 0. The van der Waals surface area contributed by atoms with Crippen LogP contribution in [-0.2, 0) is 0 Å². The standard InChI is InChI=1S/C29H31F/c1-22(26-5-3-2-4-6-26)21-25-11-17-28(18-12-25)27-15-9-23(10-16-27)7-8-24-13-19-29(30)20-14-24/h2-10,13-16,19-20,22,25,28H,11-12,17-18,21H2,1H3/t22-,25?,28?/m0/s1. The molecule has 4 rings (SSSR count). The first-order valence-corrected chi connectivity index (χ1v) is 11.3. The predicted molar refractivity (Wildman–Crippen MR) is 126 cm³/mol. The third kappa shape index (κ3) is 5.48. The quantitative estimate of drug-likeness (QED) is 0.365. The molecule has 0 saturated heterocycles. The normalized spacial score (nSPS) is 20.3. The first-order chi connectivity index (χ1) is 14.7. The van der Waals surface area contributed by atoms with Gasteiger partial charge in [-0.2, -0.15) is 0 Å². The molecule has 0 nitrogen and oxygen atoms in total. The highest BCUT2D eigenvalue weighted by Crippen LogP contribution is 2.39. The molecule has 0 N–H and O–H groups in total. The first-order valence-electron chi connectivity index (χ1n) is 11.3. The van der Waals surface area contributed by atoms with E-state index in [0.717, 1.165) is 11.5 Å². The minimum Gasteiger partial charge on any atom is -0.207 e. The Morgan fingerprint density at radius 2 is 1.33 bits per heavy atom. The maximum absolute atomic E-state index is 13.0. The van der Waals surface area contributed by atoms with Gasteiger partial charge in [-0.05, 0) is 84.2 Å². The van der Waals surface area contributed by atoms with Crippen LogP contribution in [0, 0.1) is 11.7 Å². The largest absolute Gasteiger partial charge is 0.207 e. The molecule has 1 atom stereocenters. The monoisotopic (exact) mass is 398 g/mol. The molecule has 1 aliphatic rings. The van der Waals surface area contributed by atoms with Gasteiger partial charge in [-0.3, -0.25) is 0 Å². The third-order valence-corrected chi connectivity index (χ3v) is 6.65. The minimum atomic E-state index is -0.194. The molecular weight excluding hydrogens is 367 g/mol. The first kappa shape index (κ1) is 20.6. The summed E-state index contributed by atoms with van der Waals surface area (Å²) in [7, 11) is 0. The van der Waals surface area contributed by atoms with Crippen LogP contribution in [0.25, 0.3) is 12.2 Å². The number of rotatable bonds is 6. The topological polar surface area (TPSA) is 0 Å². The Morgan fingerprint density at radius 3 is 1.93 bits per heavy atom. The Balaban J connectivity index is 1.29. The summed E-state index contributed by atoms with van der Waals surface area (Å²) in [6.07, 6.45) is 10.7. The minimum absolute atomic E-state index is 0.194. The second kappa shape index (κ2) is 9.89. The predicted octanol–water partition coefficient (Wildman–Crippen LogP) is 8.46. The average molecular weight is 399 g/mol. The van der Waals surface area contributed by atoms with Gasteiger partial charge in [0.2, 0.25) is 0 Å². The Hall–Kier alpha value is -2.67. The van der Waals surface area contributed by atoms with Gasteiger partial charge in [0.15, 0.2) is 0 Å². The molecule has 0 radical (unpaired) electrons. The molecule has 0 aliphatic heterocycles. The lowest BCUT2D eigenvalue weighted by molar-refractivity contribution is 0.297. The van der Waals surface area contributed by atoms with Crippen molar-refractivity contribution in [3.63, 3.8) is 0 Å². The van der Waals surface area contributed by atoms with Crippen molar-refractivity contribution >= 4 is 12.2 Å². The van der Waals surface area contributed by atoms with E-state index in [1.54, 1.807) is 12.1 Å². The van der Waals surface area contributed by atoms with Gasteiger partial charge in [-0.1, -0.05) is 85.8 Å². The lowest BCUT2D eigenvalue weighted by Gasteiger charge is -2.30. The smallest absolute Gasteiger partial charge is 0.123 e. The third-order valence-electron chi connectivity index (χ3n) is 6.65. The summed E-state index contributed by atoms with van der Waals surface area (Å²) in [5, 5.41) is 0. The van der Waals surface area contributed by atoms with Crippen LogP contribution in [0.15, 0.2) is 78.9 Å². The van der Waals surface area contributed by atoms with E-state index in [1.807, 2.05) is 6.08 Å². The Bertz CT molecular complexity index is 930. The molecule has 0 spiro atoms. The number of hydrogen-bond acceptors (Lipinski definition) is 0. The fraction of sp³-hybridized carbons (Fsp3) is 0.310. The molecule has 30 heavy (non-hydrogen) atoms. The van der Waals surface area contributed by atoms with Crippen LogP contribution in [0.3, 0.4) is 0 Å². The zero-order valence-electron chi connectivity index (χ0n) is 17.8. The van der Waals surface area contributed by atoms with Gasteiger partial charge in [0, 0.05) is 0 Å². The molecule has 1 aliphatic carbocycles. The van der Waals surface area contributed by atoms with Gasteiger partial charge in [-0.25, -0.2) is 4.39 Å². The van der Waals surface area contributed by atoms with E-state index in [1.165, 1.54) is 60.9 Å². The SMILES string of the molecule is C[C@@H](CC1CCC(c2ccc(C=Cc3ccc(F)cc3)cc2)CC1)c1ccccc1. The van der Waals surface area contributed by atoms with Crippen molar-refractivity contribution in [2.24, 2.45) is 5.92 Å². The Labute approximate surface area is 180 Å². The van der Waals surface area contributed by atoms with Gasteiger partial charge in [0.05, 0.1) is 0 Å². The zero-order valence-corrected chi connectivity index (χ0v) is 17.8. The average Bonchev–Trinajstić information content (AvgIpc) is 2.80. The summed E-state index contributed by atoms with van der Waals surface area (Å²) in [4.78, 5) is 0. The molecule has 0 amide bonds. The number of benzene rings is 3. The van der Waals surface area contributed by atoms with Gasteiger partial charge in [0.1, 0.15) is 5.82 Å². The summed E-state index contributed by atoms with van der Waals surface area (Å²) in [6.45, 7) is 2.37. The Morgan fingerprint density at radius 1 is 0.767 bits per heavy atom. The molecule has 154 valence electrons. The van der Waals surface area contributed by atoms with Crippen LogP contribution in [0.5, 0.6) is 0 Å². The highest BCUT2D eigenvalue weighted by molar-refractivity contribution is 5.69. The van der Waals surface area contributed by atoms with Gasteiger partial charge >= 0.3 is 0 Å². The van der Waals surface area contributed by atoms with Crippen LogP contribution >= 0.6 is 0 Å². The van der Waals surface area contributed by atoms with Crippen LogP contribution < -0.4 is 0 Å². The van der Waals surface area contributed by atoms with Crippen molar-refractivity contribution in [2.75, 3.05) is 0 Å². The molecule has 3 aromatic rings. The maximum Gasteiger partial charge on any atom is 0.123 e. The Kier molecular flexibility index (Phi) is 6.79. The molecule has 0 heterocycles. The van der Waals surface area contributed by atoms with E-state index in [0.29, 0.717) is 11.8 Å². The van der Waals surface area contributed by atoms with E-state index in [9.17, 15) is 4.39 Å². The van der Waals surface area contributed by atoms with Gasteiger partial charge in [0.25, 0.3) is 0 Å². The summed E-state index contributed by atoms with van der Waals surface area (Å²) in [5.41, 5.74) is 5.16. The van der Waals surface area contributed by atoms with Crippen LogP contribution in [0.1, 0.15) is 73.1 Å². The zero-order chi connectivity index (χ0) is 20.8. The van der Waals surface area contributed by atoms with Gasteiger partial charge < -0.3 is 0 Å². The molecule has 0 aromatic heterocycles. The summed E-state index contributed by atoms with van der Waals surface area (Å²) < 4.78 is 13.0. The van der Waals surface area contributed by atoms with Gasteiger partial charge in [-0.15, -0.1) is 0 Å². The molecule has 0 bridgehead atoms. The maximum atomic E-state index is 13.0. The molecule has 1 fully saturated rings.